The number of hydrogen-bond donors (Lipinski definition) is 1. The first kappa shape index (κ1) is 9.03. The average Bonchev–Trinajstić information content (AvgIpc) is 2.23. The summed E-state index contributed by atoms with van der Waals surface area (Å²) in [7, 11) is 0. The van der Waals surface area contributed by atoms with E-state index < -0.39 is 0 Å². The highest BCUT2D eigenvalue weighted by Crippen LogP contribution is 2.29. The smallest absolute Gasteiger partial charge is 0.0824 e. The van der Waals surface area contributed by atoms with Gasteiger partial charge in [-0.05, 0) is 5.56 Å². The summed E-state index contributed by atoms with van der Waals surface area (Å²) in [4.78, 5) is 4.01. The summed E-state index contributed by atoms with van der Waals surface area (Å²) in [6.07, 6.45) is 3.26. The molecule has 0 saturated carbocycles. The second kappa shape index (κ2) is 3.68. The van der Waals surface area contributed by atoms with E-state index in [2.05, 4.69) is 4.98 Å². The van der Waals surface area contributed by atoms with E-state index in [9.17, 15) is 0 Å². The molecular weight excluding hydrogens is 196 g/mol. The van der Waals surface area contributed by atoms with Crippen molar-refractivity contribution in [1.29, 1.82) is 0 Å². The van der Waals surface area contributed by atoms with Gasteiger partial charge in [-0.1, -0.05) is 41.9 Å². The second-order valence-corrected chi connectivity index (χ2v) is 3.36. The van der Waals surface area contributed by atoms with Crippen LogP contribution in [0.15, 0.2) is 42.7 Å². The zero-order valence-corrected chi connectivity index (χ0v) is 8.20. The molecule has 3 heteroatoms. The van der Waals surface area contributed by atoms with Gasteiger partial charge in [0, 0.05) is 18.0 Å². The molecular formula is C11H9ClN2. The highest BCUT2D eigenvalue weighted by Gasteiger charge is 2.04. The molecule has 2 N–H and O–H groups in total. The van der Waals surface area contributed by atoms with E-state index in [0.717, 1.165) is 11.1 Å². The van der Waals surface area contributed by atoms with E-state index in [1.165, 1.54) is 0 Å². The molecule has 70 valence electrons. The third kappa shape index (κ3) is 1.56. The van der Waals surface area contributed by atoms with Crippen LogP contribution in [0, 0.1) is 0 Å². The van der Waals surface area contributed by atoms with Crippen LogP contribution in [0.5, 0.6) is 0 Å². The van der Waals surface area contributed by atoms with E-state index in [0.29, 0.717) is 10.7 Å². The van der Waals surface area contributed by atoms with Crippen LogP contribution >= 0.6 is 11.6 Å². The third-order valence-electron chi connectivity index (χ3n) is 2.02. The highest BCUT2D eigenvalue weighted by atomic mass is 35.5. The Bertz CT molecular complexity index is 440. The van der Waals surface area contributed by atoms with Gasteiger partial charge >= 0.3 is 0 Å². The van der Waals surface area contributed by atoms with E-state index in [4.69, 9.17) is 17.3 Å². The molecule has 0 fully saturated rings. The van der Waals surface area contributed by atoms with Crippen molar-refractivity contribution in [1.82, 2.24) is 4.98 Å². The normalized spacial score (nSPS) is 10.1. The van der Waals surface area contributed by atoms with Gasteiger partial charge in [-0.2, -0.15) is 0 Å². The maximum Gasteiger partial charge on any atom is 0.0824 e. The third-order valence-corrected chi connectivity index (χ3v) is 2.32. The predicted octanol–water partition coefficient (Wildman–Crippen LogP) is 2.98. The van der Waals surface area contributed by atoms with Crippen molar-refractivity contribution in [3.63, 3.8) is 0 Å². The minimum Gasteiger partial charge on any atom is -0.397 e. The Morgan fingerprint density at radius 3 is 2.50 bits per heavy atom. The van der Waals surface area contributed by atoms with Gasteiger partial charge in [0.15, 0.2) is 0 Å². The summed E-state index contributed by atoms with van der Waals surface area (Å²) in [6.45, 7) is 0. The molecule has 0 aliphatic rings. The van der Waals surface area contributed by atoms with Gasteiger partial charge in [-0.15, -0.1) is 0 Å². The zero-order chi connectivity index (χ0) is 9.97. The predicted molar refractivity (Wildman–Crippen MR) is 59.1 cm³/mol. The Morgan fingerprint density at radius 2 is 1.79 bits per heavy atom. The van der Waals surface area contributed by atoms with E-state index in [1.807, 2.05) is 30.3 Å². The zero-order valence-electron chi connectivity index (χ0n) is 7.44. The molecule has 0 saturated heterocycles. The van der Waals surface area contributed by atoms with Crippen LogP contribution in [0.1, 0.15) is 0 Å². The van der Waals surface area contributed by atoms with Crippen molar-refractivity contribution in [3.05, 3.63) is 47.7 Å². The Balaban J connectivity index is 2.58. The first-order valence-corrected chi connectivity index (χ1v) is 4.61. The van der Waals surface area contributed by atoms with E-state index >= 15 is 0 Å². The van der Waals surface area contributed by atoms with Gasteiger partial charge in [0.25, 0.3) is 0 Å². The van der Waals surface area contributed by atoms with Gasteiger partial charge in [0.1, 0.15) is 0 Å². The largest absolute Gasteiger partial charge is 0.397 e. The molecule has 2 rings (SSSR count). The maximum absolute atomic E-state index is 5.88. The number of halogens is 1. The second-order valence-electron chi connectivity index (χ2n) is 2.95. The van der Waals surface area contributed by atoms with Crippen molar-refractivity contribution in [2.45, 2.75) is 0 Å². The van der Waals surface area contributed by atoms with Gasteiger partial charge in [0.2, 0.25) is 0 Å². The molecule has 0 aliphatic carbocycles. The highest BCUT2D eigenvalue weighted by molar-refractivity contribution is 6.33. The molecule has 1 heterocycles. The number of nitrogens with two attached hydrogens (primary N) is 1. The van der Waals surface area contributed by atoms with Crippen molar-refractivity contribution in [3.8, 4) is 11.1 Å². The number of anilines is 1. The van der Waals surface area contributed by atoms with Gasteiger partial charge in [-0.3, -0.25) is 4.98 Å². The molecule has 0 atom stereocenters. The molecule has 14 heavy (non-hydrogen) atoms. The minimum absolute atomic E-state index is 0.492. The molecule has 0 radical (unpaired) electrons. The quantitative estimate of drug-likeness (QED) is 0.776. The van der Waals surface area contributed by atoms with Crippen molar-refractivity contribution in [2.75, 3.05) is 5.73 Å². The van der Waals surface area contributed by atoms with Crippen LogP contribution in [-0.2, 0) is 0 Å². The molecule has 2 nitrogen and oxygen atoms in total. The standard InChI is InChI=1S/C11H9ClN2/c12-10-7-14-6-9(11(10)13)8-4-2-1-3-5-8/h1-7H,(H2,13,14). The fourth-order valence-corrected chi connectivity index (χ4v) is 1.45. The number of rotatable bonds is 1. The van der Waals surface area contributed by atoms with Crippen LogP contribution in [0.2, 0.25) is 5.02 Å². The number of pyridine rings is 1. The Labute approximate surface area is 87.4 Å². The lowest BCUT2D eigenvalue weighted by Gasteiger charge is -2.05. The summed E-state index contributed by atoms with van der Waals surface area (Å²) < 4.78 is 0. The topological polar surface area (TPSA) is 38.9 Å². The average molecular weight is 205 g/mol. The number of nitrogens with zero attached hydrogens (tertiary/aromatic N) is 1. The maximum atomic E-state index is 5.88. The lowest BCUT2D eigenvalue weighted by atomic mass is 10.1. The molecule has 0 amide bonds. The van der Waals surface area contributed by atoms with E-state index in [1.54, 1.807) is 12.4 Å². The van der Waals surface area contributed by atoms with Crippen LogP contribution in [0.3, 0.4) is 0 Å². The monoisotopic (exact) mass is 204 g/mol. The van der Waals surface area contributed by atoms with Crippen LogP contribution in [0.25, 0.3) is 11.1 Å². The minimum atomic E-state index is 0.492. The molecule has 1 aromatic carbocycles. The van der Waals surface area contributed by atoms with Crippen molar-refractivity contribution < 1.29 is 0 Å². The Morgan fingerprint density at radius 1 is 1.07 bits per heavy atom. The first-order chi connectivity index (χ1) is 6.79. The first-order valence-electron chi connectivity index (χ1n) is 4.23. The van der Waals surface area contributed by atoms with Crippen LogP contribution in [0.4, 0.5) is 5.69 Å². The summed E-state index contributed by atoms with van der Waals surface area (Å²) in [6, 6.07) is 9.82. The Hall–Kier alpha value is -1.54. The molecule has 0 unspecified atom stereocenters. The number of aromatic nitrogens is 1. The van der Waals surface area contributed by atoms with E-state index in [-0.39, 0.29) is 0 Å². The number of nitrogen functional groups attached to an aromatic ring is 1. The molecule has 0 spiro atoms. The van der Waals surface area contributed by atoms with Crippen LogP contribution in [-0.4, -0.2) is 4.98 Å². The molecule has 1 aromatic heterocycles. The summed E-state index contributed by atoms with van der Waals surface area (Å²) in [5.74, 6) is 0. The van der Waals surface area contributed by atoms with Gasteiger partial charge in [0.05, 0.1) is 10.7 Å². The van der Waals surface area contributed by atoms with Gasteiger partial charge in [-0.25, -0.2) is 0 Å². The number of hydrogen-bond acceptors (Lipinski definition) is 2. The molecule has 0 bridgehead atoms. The van der Waals surface area contributed by atoms with Crippen molar-refractivity contribution in [2.24, 2.45) is 0 Å². The van der Waals surface area contributed by atoms with Gasteiger partial charge < -0.3 is 5.73 Å². The summed E-state index contributed by atoms with van der Waals surface area (Å²) >= 11 is 5.88. The fourth-order valence-electron chi connectivity index (χ4n) is 1.29. The summed E-state index contributed by atoms with van der Waals surface area (Å²) in [5.41, 5.74) is 8.32. The SMILES string of the molecule is Nc1c(Cl)cncc1-c1ccccc1. The number of benzene rings is 1. The Kier molecular flexibility index (Phi) is 2.37. The fraction of sp³-hybridized carbons (Fsp3) is 0. The molecule has 0 aliphatic heterocycles. The van der Waals surface area contributed by atoms with Crippen LogP contribution < -0.4 is 5.73 Å². The molecule has 2 aromatic rings. The lowest BCUT2D eigenvalue weighted by molar-refractivity contribution is 1.33. The lowest BCUT2D eigenvalue weighted by Crippen LogP contribution is -1.92. The van der Waals surface area contributed by atoms with Crippen molar-refractivity contribution >= 4 is 17.3 Å². The summed E-state index contributed by atoms with van der Waals surface area (Å²) in [5, 5.41) is 0.492.